The van der Waals surface area contributed by atoms with Crippen LogP contribution >= 0.6 is 0 Å². The van der Waals surface area contributed by atoms with Gasteiger partial charge in [0, 0.05) is 37.6 Å². The second kappa shape index (κ2) is 8.58. The maximum atomic E-state index is 12.6. The highest BCUT2D eigenvalue weighted by Gasteiger charge is 2.19. The number of carbonyl (C=O) groups excluding carboxylic acids is 2. The minimum atomic E-state index is -0.419. The van der Waals surface area contributed by atoms with Crippen molar-refractivity contribution in [2.75, 3.05) is 28.6 Å². The Balaban J connectivity index is 1.46. The van der Waals surface area contributed by atoms with Crippen molar-refractivity contribution in [2.45, 2.75) is 33.2 Å². The number of nitrogens with one attached hydrogen (secondary N) is 2. The second-order valence-corrected chi connectivity index (χ2v) is 7.90. The number of fused-ring (bicyclic) bond motifs is 1. The summed E-state index contributed by atoms with van der Waals surface area (Å²) in [4.78, 5) is 42.8. The van der Waals surface area contributed by atoms with Crippen LogP contribution in [0, 0.1) is 5.92 Å². The number of hydrogen-bond acceptors (Lipinski definition) is 6. The number of rotatable bonds is 5. The summed E-state index contributed by atoms with van der Waals surface area (Å²) in [5, 5.41) is 9.62. The van der Waals surface area contributed by atoms with Gasteiger partial charge in [0.15, 0.2) is 0 Å². The molecule has 10 nitrogen and oxygen atoms in total. The molecule has 0 bridgehead atoms. The van der Waals surface area contributed by atoms with Gasteiger partial charge in [0.05, 0.1) is 0 Å². The van der Waals surface area contributed by atoms with Crippen LogP contribution in [-0.2, 0) is 16.1 Å². The van der Waals surface area contributed by atoms with E-state index in [2.05, 4.69) is 32.5 Å². The lowest BCUT2D eigenvalue weighted by Crippen LogP contribution is -2.34. The molecule has 2 amide bonds. The second-order valence-electron chi connectivity index (χ2n) is 7.90. The van der Waals surface area contributed by atoms with E-state index in [0.29, 0.717) is 17.3 Å². The van der Waals surface area contributed by atoms with Crippen molar-refractivity contribution >= 4 is 34.8 Å². The summed E-state index contributed by atoms with van der Waals surface area (Å²) in [5.41, 5.74) is 0.764. The zero-order chi connectivity index (χ0) is 22.0. The van der Waals surface area contributed by atoms with Crippen LogP contribution in [0.2, 0.25) is 0 Å². The molecule has 0 radical (unpaired) electrons. The first kappa shape index (κ1) is 20.6. The SMILES string of the molecule is CC(=O)Nc1ccc(NC(=O)Cn2nc3nc(N4CCC[C@H](C)C4)ccn3c2=O)cc1. The van der Waals surface area contributed by atoms with E-state index in [9.17, 15) is 14.4 Å². The number of anilines is 3. The van der Waals surface area contributed by atoms with Gasteiger partial charge >= 0.3 is 5.69 Å². The average Bonchev–Trinajstić information content (AvgIpc) is 3.03. The number of piperidine rings is 1. The van der Waals surface area contributed by atoms with E-state index in [-0.39, 0.29) is 24.1 Å². The summed E-state index contributed by atoms with van der Waals surface area (Å²) < 4.78 is 2.44. The van der Waals surface area contributed by atoms with E-state index in [4.69, 9.17) is 0 Å². The molecular weight excluding hydrogens is 398 g/mol. The number of hydrogen-bond donors (Lipinski definition) is 2. The summed E-state index contributed by atoms with van der Waals surface area (Å²) in [6, 6.07) is 8.52. The molecule has 0 saturated carbocycles. The Labute approximate surface area is 178 Å². The molecule has 1 aromatic carbocycles. The minimum absolute atomic E-state index is 0.172. The first-order valence-electron chi connectivity index (χ1n) is 10.3. The molecule has 0 aliphatic carbocycles. The van der Waals surface area contributed by atoms with Crippen LogP contribution in [0.4, 0.5) is 17.2 Å². The smallest absolute Gasteiger partial charge is 0.352 e. The first-order chi connectivity index (χ1) is 14.9. The monoisotopic (exact) mass is 423 g/mol. The van der Waals surface area contributed by atoms with Gasteiger partial charge in [0.25, 0.3) is 5.78 Å². The Bertz CT molecular complexity index is 1170. The van der Waals surface area contributed by atoms with Gasteiger partial charge in [-0.05, 0) is 49.1 Å². The maximum absolute atomic E-state index is 12.6. The fraction of sp³-hybridized carbons (Fsp3) is 0.381. The van der Waals surface area contributed by atoms with Crippen molar-refractivity contribution < 1.29 is 9.59 Å². The molecule has 2 N–H and O–H groups in total. The van der Waals surface area contributed by atoms with Gasteiger partial charge in [-0.15, -0.1) is 5.10 Å². The molecule has 1 fully saturated rings. The van der Waals surface area contributed by atoms with Gasteiger partial charge in [-0.1, -0.05) is 6.92 Å². The molecule has 31 heavy (non-hydrogen) atoms. The van der Waals surface area contributed by atoms with Gasteiger partial charge in [0.1, 0.15) is 12.4 Å². The summed E-state index contributed by atoms with van der Waals surface area (Å²) in [7, 11) is 0. The Morgan fingerprint density at radius 1 is 1.13 bits per heavy atom. The van der Waals surface area contributed by atoms with Crippen molar-refractivity contribution in [2.24, 2.45) is 5.92 Å². The largest absolute Gasteiger partial charge is 0.356 e. The first-order valence-corrected chi connectivity index (χ1v) is 10.3. The molecule has 3 heterocycles. The average molecular weight is 423 g/mol. The molecule has 1 saturated heterocycles. The number of aromatic nitrogens is 4. The van der Waals surface area contributed by atoms with Crippen LogP contribution in [0.15, 0.2) is 41.3 Å². The summed E-state index contributed by atoms with van der Waals surface area (Å²) in [6.45, 7) is 5.27. The van der Waals surface area contributed by atoms with E-state index < -0.39 is 5.69 Å². The third-order valence-electron chi connectivity index (χ3n) is 5.20. The number of carbonyl (C=O) groups is 2. The fourth-order valence-electron chi connectivity index (χ4n) is 3.75. The standard InChI is InChI=1S/C21H25N7O3/c1-14-4-3-10-26(12-14)18-9-11-27-20(24-18)25-28(21(27)31)13-19(30)23-17-7-5-16(6-8-17)22-15(2)29/h5-9,11,14H,3-4,10,12-13H2,1-2H3,(H,22,29)(H,23,30)/t14-/m0/s1. The van der Waals surface area contributed by atoms with E-state index in [1.807, 2.05) is 6.07 Å². The minimum Gasteiger partial charge on any atom is -0.356 e. The third-order valence-corrected chi connectivity index (χ3v) is 5.20. The molecule has 2 aromatic heterocycles. The summed E-state index contributed by atoms with van der Waals surface area (Å²) in [5.74, 6) is 1.10. The molecule has 4 rings (SSSR count). The zero-order valence-corrected chi connectivity index (χ0v) is 17.5. The van der Waals surface area contributed by atoms with Gasteiger partial charge < -0.3 is 15.5 Å². The lowest BCUT2D eigenvalue weighted by molar-refractivity contribution is -0.117. The van der Waals surface area contributed by atoms with Crippen molar-refractivity contribution in [1.29, 1.82) is 0 Å². The Kier molecular flexibility index (Phi) is 5.70. The number of amides is 2. The number of benzene rings is 1. The predicted molar refractivity (Wildman–Crippen MR) is 117 cm³/mol. The molecule has 0 unspecified atom stereocenters. The van der Waals surface area contributed by atoms with Gasteiger partial charge in [-0.2, -0.15) is 4.98 Å². The molecule has 10 heteroatoms. The molecule has 0 spiro atoms. The zero-order valence-electron chi connectivity index (χ0n) is 17.5. The van der Waals surface area contributed by atoms with Crippen molar-refractivity contribution in [1.82, 2.24) is 19.2 Å². The molecule has 1 atom stereocenters. The summed E-state index contributed by atoms with van der Waals surface area (Å²) in [6.07, 6.45) is 3.97. The molecule has 3 aromatic rings. The highest BCUT2D eigenvalue weighted by atomic mass is 16.2. The van der Waals surface area contributed by atoms with Crippen LogP contribution in [0.3, 0.4) is 0 Å². The number of nitrogens with zero attached hydrogens (tertiary/aromatic N) is 5. The van der Waals surface area contributed by atoms with Crippen molar-refractivity contribution in [3.63, 3.8) is 0 Å². The van der Waals surface area contributed by atoms with Crippen LogP contribution in [0.1, 0.15) is 26.7 Å². The molecule has 1 aliphatic heterocycles. The van der Waals surface area contributed by atoms with Crippen molar-refractivity contribution in [3.05, 3.63) is 47.0 Å². The summed E-state index contributed by atoms with van der Waals surface area (Å²) >= 11 is 0. The Morgan fingerprint density at radius 2 is 1.84 bits per heavy atom. The van der Waals surface area contributed by atoms with E-state index in [1.165, 1.54) is 17.7 Å². The highest BCUT2D eigenvalue weighted by Crippen LogP contribution is 2.21. The Hall–Kier alpha value is -3.69. The topological polar surface area (TPSA) is 114 Å². The molecule has 1 aliphatic rings. The fourth-order valence-corrected chi connectivity index (χ4v) is 3.75. The Morgan fingerprint density at radius 3 is 2.52 bits per heavy atom. The van der Waals surface area contributed by atoms with Crippen LogP contribution in [-0.4, -0.2) is 44.1 Å². The van der Waals surface area contributed by atoms with Crippen molar-refractivity contribution in [3.8, 4) is 0 Å². The molecule has 162 valence electrons. The predicted octanol–water partition coefficient (Wildman–Crippen LogP) is 1.72. The lowest BCUT2D eigenvalue weighted by Gasteiger charge is -2.31. The molecular formula is C21H25N7O3. The maximum Gasteiger partial charge on any atom is 0.352 e. The van der Waals surface area contributed by atoms with Crippen LogP contribution in [0.5, 0.6) is 0 Å². The van der Waals surface area contributed by atoms with Crippen LogP contribution < -0.4 is 21.2 Å². The van der Waals surface area contributed by atoms with Gasteiger partial charge in [-0.3, -0.25) is 9.59 Å². The van der Waals surface area contributed by atoms with E-state index in [0.717, 1.165) is 30.0 Å². The van der Waals surface area contributed by atoms with Crippen LogP contribution in [0.25, 0.3) is 5.78 Å². The third kappa shape index (κ3) is 4.73. The van der Waals surface area contributed by atoms with Gasteiger partial charge in [0.2, 0.25) is 11.8 Å². The quantitative estimate of drug-likeness (QED) is 0.646. The van der Waals surface area contributed by atoms with E-state index in [1.54, 1.807) is 30.5 Å². The van der Waals surface area contributed by atoms with E-state index >= 15 is 0 Å². The van der Waals surface area contributed by atoms with Gasteiger partial charge in [-0.25, -0.2) is 13.9 Å². The lowest BCUT2D eigenvalue weighted by atomic mass is 10.0. The normalized spacial score (nSPS) is 16.3. The highest BCUT2D eigenvalue weighted by molar-refractivity contribution is 5.92.